The molecule has 1 N–H and O–H groups in total. The third-order valence-corrected chi connectivity index (χ3v) is 3.74. The minimum atomic E-state index is -0.152. The Labute approximate surface area is 140 Å². The molecule has 1 heterocycles. The van der Waals surface area contributed by atoms with E-state index < -0.39 is 0 Å². The Kier molecular flexibility index (Phi) is 4.69. The quantitative estimate of drug-likeness (QED) is 0.764. The van der Waals surface area contributed by atoms with Gasteiger partial charge < -0.3 is 5.32 Å². The number of carbonyl (C=O) groups is 1. The fourth-order valence-electron chi connectivity index (χ4n) is 2.34. The lowest BCUT2D eigenvalue weighted by Crippen LogP contribution is -2.14. The first kappa shape index (κ1) is 15.3. The van der Waals surface area contributed by atoms with Crippen molar-refractivity contribution in [2.75, 3.05) is 5.32 Å². The van der Waals surface area contributed by atoms with Crippen LogP contribution in [0.1, 0.15) is 21.5 Å². The van der Waals surface area contributed by atoms with Crippen molar-refractivity contribution >= 4 is 23.2 Å². The number of carbonyl (C=O) groups excluding carboxylic acids is 1. The van der Waals surface area contributed by atoms with Gasteiger partial charge in [-0.05, 0) is 47.9 Å². The highest BCUT2D eigenvalue weighted by Gasteiger charge is 2.12. The summed E-state index contributed by atoms with van der Waals surface area (Å²) >= 11 is 5.86. The van der Waals surface area contributed by atoms with Gasteiger partial charge in [0, 0.05) is 28.7 Å². The number of hydrogen-bond acceptors (Lipinski definition) is 2. The second-order valence-corrected chi connectivity index (χ2v) is 5.59. The van der Waals surface area contributed by atoms with Gasteiger partial charge in [0.2, 0.25) is 0 Å². The average molecular weight is 323 g/mol. The molecule has 23 heavy (non-hydrogen) atoms. The minimum Gasteiger partial charge on any atom is -0.322 e. The van der Waals surface area contributed by atoms with E-state index in [9.17, 15) is 4.79 Å². The standard InChI is InChI=1S/C19H15ClN2O/c20-16-6-8-17(9-7-16)22-19(23)18-10-11-21-13-15(18)12-14-4-2-1-3-5-14/h1-11,13H,12H2,(H,22,23). The van der Waals surface area contributed by atoms with Gasteiger partial charge >= 0.3 is 0 Å². The Hall–Kier alpha value is -2.65. The molecule has 0 atom stereocenters. The Bertz CT molecular complexity index is 801. The van der Waals surface area contributed by atoms with Gasteiger partial charge in [0.1, 0.15) is 0 Å². The fourth-order valence-corrected chi connectivity index (χ4v) is 2.46. The lowest BCUT2D eigenvalue weighted by Gasteiger charge is -2.10. The Morgan fingerprint density at radius 1 is 1.00 bits per heavy atom. The molecule has 0 aliphatic rings. The summed E-state index contributed by atoms with van der Waals surface area (Å²) in [7, 11) is 0. The molecule has 3 rings (SSSR count). The number of rotatable bonds is 4. The van der Waals surface area contributed by atoms with Gasteiger partial charge in [-0.1, -0.05) is 41.9 Å². The number of aromatic nitrogens is 1. The maximum absolute atomic E-state index is 12.5. The summed E-state index contributed by atoms with van der Waals surface area (Å²) < 4.78 is 0. The molecule has 0 aliphatic carbocycles. The average Bonchev–Trinajstić information content (AvgIpc) is 2.58. The second-order valence-electron chi connectivity index (χ2n) is 5.16. The molecule has 0 saturated carbocycles. The van der Waals surface area contributed by atoms with Gasteiger partial charge in [-0.15, -0.1) is 0 Å². The van der Waals surface area contributed by atoms with E-state index in [0.717, 1.165) is 11.1 Å². The van der Waals surface area contributed by atoms with E-state index >= 15 is 0 Å². The molecule has 114 valence electrons. The Balaban J connectivity index is 1.82. The lowest BCUT2D eigenvalue weighted by atomic mass is 10.0. The Morgan fingerprint density at radius 2 is 1.74 bits per heavy atom. The first-order valence-electron chi connectivity index (χ1n) is 7.26. The van der Waals surface area contributed by atoms with Crippen LogP contribution in [0.2, 0.25) is 5.02 Å². The highest BCUT2D eigenvalue weighted by molar-refractivity contribution is 6.30. The van der Waals surface area contributed by atoms with Gasteiger partial charge in [-0.3, -0.25) is 9.78 Å². The molecule has 1 aromatic heterocycles. The Morgan fingerprint density at radius 3 is 2.48 bits per heavy atom. The third kappa shape index (κ3) is 3.96. The number of benzene rings is 2. The van der Waals surface area contributed by atoms with E-state index in [1.54, 1.807) is 42.7 Å². The van der Waals surface area contributed by atoms with Crippen molar-refractivity contribution in [2.45, 2.75) is 6.42 Å². The van der Waals surface area contributed by atoms with Crippen molar-refractivity contribution in [2.24, 2.45) is 0 Å². The first-order chi connectivity index (χ1) is 11.2. The highest BCUT2D eigenvalue weighted by atomic mass is 35.5. The summed E-state index contributed by atoms with van der Waals surface area (Å²) in [5, 5.41) is 3.52. The summed E-state index contributed by atoms with van der Waals surface area (Å²) in [6.45, 7) is 0. The topological polar surface area (TPSA) is 42.0 Å². The zero-order valence-electron chi connectivity index (χ0n) is 12.4. The zero-order valence-corrected chi connectivity index (χ0v) is 13.1. The van der Waals surface area contributed by atoms with E-state index in [-0.39, 0.29) is 5.91 Å². The monoisotopic (exact) mass is 322 g/mol. The molecule has 2 aromatic carbocycles. The van der Waals surface area contributed by atoms with Crippen LogP contribution in [0.15, 0.2) is 73.1 Å². The molecule has 0 radical (unpaired) electrons. The number of hydrogen-bond donors (Lipinski definition) is 1. The van der Waals surface area contributed by atoms with Crippen LogP contribution < -0.4 is 5.32 Å². The molecule has 4 heteroatoms. The van der Waals surface area contributed by atoms with Crippen LogP contribution in [0.5, 0.6) is 0 Å². The summed E-state index contributed by atoms with van der Waals surface area (Å²) in [6, 6.07) is 18.8. The van der Waals surface area contributed by atoms with Crippen LogP contribution in [0.3, 0.4) is 0 Å². The van der Waals surface area contributed by atoms with E-state index in [2.05, 4.69) is 10.3 Å². The van der Waals surface area contributed by atoms with Crippen LogP contribution in [-0.2, 0) is 6.42 Å². The van der Waals surface area contributed by atoms with Crippen molar-refractivity contribution in [3.8, 4) is 0 Å². The molecule has 0 aliphatic heterocycles. The van der Waals surface area contributed by atoms with Crippen molar-refractivity contribution in [1.29, 1.82) is 0 Å². The number of halogens is 1. The van der Waals surface area contributed by atoms with E-state index in [1.165, 1.54) is 0 Å². The van der Waals surface area contributed by atoms with Gasteiger partial charge in [-0.25, -0.2) is 0 Å². The molecule has 0 saturated heterocycles. The molecule has 1 amide bonds. The van der Waals surface area contributed by atoms with Crippen molar-refractivity contribution < 1.29 is 4.79 Å². The SMILES string of the molecule is O=C(Nc1ccc(Cl)cc1)c1ccncc1Cc1ccccc1. The molecule has 0 fully saturated rings. The van der Waals surface area contributed by atoms with Gasteiger partial charge in [0.05, 0.1) is 0 Å². The predicted molar refractivity (Wildman–Crippen MR) is 92.9 cm³/mol. The lowest BCUT2D eigenvalue weighted by molar-refractivity contribution is 0.102. The highest BCUT2D eigenvalue weighted by Crippen LogP contribution is 2.17. The molecule has 0 bridgehead atoms. The molecule has 0 unspecified atom stereocenters. The maximum atomic E-state index is 12.5. The number of nitrogens with one attached hydrogen (secondary N) is 1. The van der Waals surface area contributed by atoms with Crippen molar-refractivity contribution in [3.05, 3.63) is 94.8 Å². The van der Waals surface area contributed by atoms with E-state index in [4.69, 9.17) is 11.6 Å². The van der Waals surface area contributed by atoms with Crippen LogP contribution in [0, 0.1) is 0 Å². The molecule has 3 aromatic rings. The minimum absolute atomic E-state index is 0.152. The summed E-state index contributed by atoms with van der Waals surface area (Å²) in [6.07, 6.45) is 4.03. The van der Waals surface area contributed by atoms with Crippen molar-refractivity contribution in [1.82, 2.24) is 4.98 Å². The third-order valence-electron chi connectivity index (χ3n) is 3.49. The van der Waals surface area contributed by atoms with E-state index in [1.807, 2.05) is 30.3 Å². The first-order valence-corrected chi connectivity index (χ1v) is 7.64. The van der Waals surface area contributed by atoms with Gasteiger partial charge in [0.25, 0.3) is 5.91 Å². The largest absolute Gasteiger partial charge is 0.322 e. The van der Waals surface area contributed by atoms with Gasteiger partial charge in [0.15, 0.2) is 0 Å². The van der Waals surface area contributed by atoms with Crippen LogP contribution in [0.4, 0.5) is 5.69 Å². The maximum Gasteiger partial charge on any atom is 0.256 e. The van der Waals surface area contributed by atoms with E-state index in [0.29, 0.717) is 22.7 Å². The zero-order chi connectivity index (χ0) is 16.1. The summed E-state index contributed by atoms with van der Waals surface area (Å²) in [5.41, 5.74) is 3.37. The number of pyridine rings is 1. The number of nitrogens with zero attached hydrogens (tertiary/aromatic N) is 1. The summed E-state index contributed by atoms with van der Waals surface area (Å²) in [4.78, 5) is 16.7. The summed E-state index contributed by atoms with van der Waals surface area (Å²) in [5.74, 6) is -0.152. The molecule has 0 spiro atoms. The van der Waals surface area contributed by atoms with Crippen LogP contribution >= 0.6 is 11.6 Å². The smallest absolute Gasteiger partial charge is 0.256 e. The van der Waals surface area contributed by atoms with Gasteiger partial charge in [-0.2, -0.15) is 0 Å². The second kappa shape index (κ2) is 7.07. The molecular weight excluding hydrogens is 308 g/mol. The van der Waals surface area contributed by atoms with Crippen LogP contribution in [-0.4, -0.2) is 10.9 Å². The predicted octanol–water partition coefficient (Wildman–Crippen LogP) is 4.58. The van der Waals surface area contributed by atoms with Crippen LogP contribution in [0.25, 0.3) is 0 Å². The van der Waals surface area contributed by atoms with Crippen molar-refractivity contribution in [3.63, 3.8) is 0 Å². The molecular formula is C19H15ClN2O. The number of amides is 1. The normalized spacial score (nSPS) is 10.3. The molecule has 3 nitrogen and oxygen atoms in total. The fraction of sp³-hybridized carbons (Fsp3) is 0.0526. The number of anilines is 1.